The molecule has 0 radical (unpaired) electrons. The first-order valence-corrected chi connectivity index (χ1v) is 8.08. The number of thioether (sulfide) groups is 1. The number of aromatic nitrogens is 2. The van der Waals surface area contributed by atoms with Gasteiger partial charge in [-0.05, 0) is 5.56 Å². The van der Waals surface area contributed by atoms with Gasteiger partial charge in [0, 0.05) is 25.9 Å². The van der Waals surface area contributed by atoms with Crippen molar-refractivity contribution in [2.45, 2.75) is 5.75 Å². The minimum atomic E-state index is -0.465. The van der Waals surface area contributed by atoms with Gasteiger partial charge < -0.3 is 0 Å². The van der Waals surface area contributed by atoms with Crippen molar-refractivity contribution in [1.82, 2.24) is 14.6 Å². The van der Waals surface area contributed by atoms with E-state index in [1.807, 2.05) is 30.3 Å². The van der Waals surface area contributed by atoms with Crippen LogP contribution in [0.15, 0.2) is 46.0 Å². The van der Waals surface area contributed by atoms with Crippen molar-refractivity contribution in [2.75, 3.05) is 11.2 Å². The minimum absolute atomic E-state index is 0.236. The maximum absolute atomic E-state index is 11.8. The number of amides is 1. The van der Waals surface area contributed by atoms with E-state index in [9.17, 15) is 14.4 Å². The molecule has 122 valence electrons. The SMILES string of the molecule is Cn1c(NNC(=O)CSCc2ccccc2)cc(=O)n(C)c1=O. The summed E-state index contributed by atoms with van der Waals surface area (Å²) < 4.78 is 2.24. The van der Waals surface area contributed by atoms with Crippen molar-refractivity contribution in [3.05, 3.63) is 62.8 Å². The molecule has 2 aromatic rings. The Morgan fingerprint density at radius 3 is 2.52 bits per heavy atom. The highest BCUT2D eigenvalue weighted by atomic mass is 32.2. The lowest BCUT2D eigenvalue weighted by Crippen LogP contribution is -2.40. The summed E-state index contributed by atoms with van der Waals surface area (Å²) in [6, 6.07) is 11.1. The van der Waals surface area contributed by atoms with E-state index >= 15 is 0 Å². The molecule has 2 N–H and O–H groups in total. The zero-order chi connectivity index (χ0) is 16.8. The predicted octanol–water partition coefficient (Wildman–Crippen LogP) is 0.460. The van der Waals surface area contributed by atoms with Crippen LogP contribution in [0, 0.1) is 0 Å². The molecule has 0 aliphatic heterocycles. The van der Waals surface area contributed by atoms with Crippen LogP contribution in [0.3, 0.4) is 0 Å². The lowest BCUT2D eigenvalue weighted by atomic mass is 10.2. The molecule has 7 nitrogen and oxygen atoms in total. The molecular formula is C15H18N4O3S. The van der Waals surface area contributed by atoms with E-state index in [0.717, 1.165) is 15.9 Å². The van der Waals surface area contributed by atoms with Gasteiger partial charge in [0.15, 0.2) is 0 Å². The number of anilines is 1. The Labute approximate surface area is 137 Å². The number of nitrogens with one attached hydrogen (secondary N) is 2. The summed E-state index contributed by atoms with van der Waals surface area (Å²) in [7, 11) is 2.91. The topological polar surface area (TPSA) is 85.1 Å². The van der Waals surface area contributed by atoms with Crippen LogP contribution in [0.2, 0.25) is 0 Å². The molecule has 0 fully saturated rings. The summed E-state index contributed by atoms with van der Waals surface area (Å²) in [5, 5.41) is 0. The number of hydrazine groups is 1. The molecule has 1 heterocycles. The Morgan fingerprint density at radius 1 is 1.13 bits per heavy atom. The third kappa shape index (κ3) is 4.49. The summed E-state index contributed by atoms with van der Waals surface area (Å²) in [5.74, 6) is 0.998. The smallest absolute Gasteiger partial charge is 0.283 e. The third-order valence-corrected chi connectivity index (χ3v) is 4.20. The van der Waals surface area contributed by atoms with Crippen molar-refractivity contribution in [3.63, 3.8) is 0 Å². The second-order valence-electron chi connectivity index (χ2n) is 4.92. The second kappa shape index (κ2) is 7.68. The fourth-order valence-electron chi connectivity index (χ4n) is 1.86. The van der Waals surface area contributed by atoms with E-state index in [4.69, 9.17) is 0 Å². The van der Waals surface area contributed by atoms with Crippen molar-refractivity contribution >= 4 is 23.5 Å². The normalized spacial score (nSPS) is 10.3. The van der Waals surface area contributed by atoms with Gasteiger partial charge in [-0.25, -0.2) is 4.79 Å². The minimum Gasteiger partial charge on any atom is -0.283 e. The average Bonchev–Trinajstić information content (AvgIpc) is 2.56. The summed E-state index contributed by atoms with van der Waals surface area (Å²) in [4.78, 5) is 35.1. The second-order valence-corrected chi connectivity index (χ2v) is 5.91. The van der Waals surface area contributed by atoms with E-state index in [0.29, 0.717) is 0 Å². The molecule has 0 bridgehead atoms. The van der Waals surface area contributed by atoms with E-state index in [2.05, 4.69) is 10.9 Å². The van der Waals surface area contributed by atoms with Crippen LogP contribution in [0.4, 0.5) is 5.82 Å². The van der Waals surface area contributed by atoms with Crippen molar-refractivity contribution in [1.29, 1.82) is 0 Å². The molecule has 0 unspecified atom stereocenters. The maximum atomic E-state index is 11.8. The van der Waals surface area contributed by atoms with E-state index in [-0.39, 0.29) is 17.5 Å². The lowest BCUT2D eigenvalue weighted by molar-refractivity contribution is -0.118. The predicted molar refractivity (Wildman–Crippen MR) is 91.3 cm³/mol. The van der Waals surface area contributed by atoms with Gasteiger partial charge in [0.2, 0.25) is 5.91 Å². The fraction of sp³-hybridized carbons (Fsp3) is 0.267. The Balaban J connectivity index is 1.85. The third-order valence-electron chi connectivity index (χ3n) is 3.20. The standard InChI is InChI=1S/C15H18N4O3S/c1-18-12(8-14(21)19(2)15(18)22)16-17-13(20)10-23-9-11-6-4-3-5-7-11/h3-8,16H,9-10H2,1-2H3,(H,17,20). The van der Waals surface area contributed by atoms with Crippen LogP contribution in [0.25, 0.3) is 0 Å². The first-order chi connectivity index (χ1) is 11.0. The maximum Gasteiger partial charge on any atom is 0.332 e. The molecule has 0 spiro atoms. The van der Waals surface area contributed by atoms with Crippen LogP contribution in [-0.4, -0.2) is 20.8 Å². The molecule has 1 amide bonds. The van der Waals surface area contributed by atoms with Gasteiger partial charge in [0.1, 0.15) is 5.82 Å². The van der Waals surface area contributed by atoms with Crippen LogP contribution >= 0.6 is 11.8 Å². The highest BCUT2D eigenvalue weighted by Crippen LogP contribution is 2.11. The highest BCUT2D eigenvalue weighted by Gasteiger charge is 2.07. The van der Waals surface area contributed by atoms with E-state index in [1.165, 1.54) is 36.5 Å². The van der Waals surface area contributed by atoms with Crippen LogP contribution in [0.1, 0.15) is 5.56 Å². The zero-order valence-electron chi connectivity index (χ0n) is 12.9. The molecule has 23 heavy (non-hydrogen) atoms. The van der Waals surface area contributed by atoms with Crippen molar-refractivity contribution in [2.24, 2.45) is 14.1 Å². The Bertz CT molecular complexity index is 799. The molecule has 0 saturated heterocycles. The Kier molecular flexibility index (Phi) is 5.64. The molecule has 0 saturated carbocycles. The van der Waals surface area contributed by atoms with Gasteiger partial charge in [-0.3, -0.25) is 29.6 Å². The van der Waals surface area contributed by atoms with Gasteiger partial charge in [-0.2, -0.15) is 0 Å². The fourth-order valence-corrected chi connectivity index (χ4v) is 2.65. The van der Waals surface area contributed by atoms with Gasteiger partial charge >= 0.3 is 5.69 Å². The first kappa shape index (κ1) is 16.9. The quantitative estimate of drug-likeness (QED) is 0.750. The number of carbonyl (C=O) groups excluding carboxylic acids is 1. The number of carbonyl (C=O) groups is 1. The summed E-state index contributed by atoms with van der Waals surface area (Å²) in [5.41, 5.74) is 5.33. The van der Waals surface area contributed by atoms with E-state index < -0.39 is 11.2 Å². The monoisotopic (exact) mass is 334 g/mol. The number of hydrogen-bond acceptors (Lipinski definition) is 5. The Morgan fingerprint density at radius 2 is 1.83 bits per heavy atom. The molecule has 2 rings (SSSR count). The van der Waals surface area contributed by atoms with Crippen LogP contribution < -0.4 is 22.1 Å². The first-order valence-electron chi connectivity index (χ1n) is 6.92. The van der Waals surface area contributed by atoms with Gasteiger partial charge in [0.05, 0.1) is 5.75 Å². The Hall–Kier alpha value is -2.48. The number of rotatable bonds is 6. The highest BCUT2D eigenvalue weighted by molar-refractivity contribution is 7.99. The zero-order valence-corrected chi connectivity index (χ0v) is 13.7. The largest absolute Gasteiger partial charge is 0.332 e. The molecule has 1 aromatic heterocycles. The van der Waals surface area contributed by atoms with Crippen LogP contribution in [0.5, 0.6) is 0 Å². The lowest BCUT2D eigenvalue weighted by Gasteiger charge is -2.12. The summed E-state index contributed by atoms with van der Waals surface area (Å²) in [6.07, 6.45) is 0. The number of hydrogen-bond donors (Lipinski definition) is 2. The molecule has 0 atom stereocenters. The molecule has 1 aromatic carbocycles. The van der Waals surface area contributed by atoms with Crippen molar-refractivity contribution < 1.29 is 4.79 Å². The molecular weight excluding hydrogens is 316 g/mol. The summed E-state index contributed by atoms with van der Waals surface area (Å²) >= 11 is 1.48. The van der Waals surface area contributed by atoms with Crippen LogP contribution in [-0.2, 0) is 24.6 Å². The van der Waals surface area contributed by atoms with Gasteiger partial charge in [0.25, 0.3) is 5.56 Å². The average molecular weight is 334 g/mol. The van der Waals surface area contributed by atoms with E-state index in [1.54, 1.807) is 0 Å². The molecule has 0 aliphatic carbocycles. The molecule has 8 heteroatoms. The molecule has 0 aliphatic rings. The number of nitrogens with zero attached hydrogens (tertiary/aromatic N) is 2. The summed E-state index contributed by atoms with van der Waals surface area (Å²) in [6.45, 7) is 0. The number of benzene rings is 1. The van der Waals surface area contributed by atoms with Crippen molar-refractivity contribution in [3.8, 4) is 0 Å². The van der Waals surface area contributed by atoms with Gasteiger partial charge in [-0.15, -0.1) is 11.8 Å². The van der Waals surface area contributed by atoms with Gasteiger partial charge in [-0.1, -0.05) is 30.3 Å².